The molecule has 14 heteroatoms. The predicted molar refractivity (Wildman–Crippen MR) is 269 cm³/mol. The number of carbonyl (C=O) groups excluding carboxylic acids is 3. The number of ether oxygens (including phenoxy) is 3. The molecule has 2 unspecified atom stereocenters. The minimum Gasteiger partial charge on any atom is -0.505 e. The second-order valence-corrected chi connectivity index (χ2v) is 19.6. The number of aldehydes is 1. The summed E-state index contributed by atoms with van der Waals surface area (Å²) in [5, 5.41) is 9.79. The van der Waals surface area contributed by atoms with Crippen molar-refractivity contribution in [3.8, 4) is 22.8 Å². The maximum atomic E-state index is 12.9. The normalized spacial score (nSPS) is 12.5. The first-order valence-electron chi connectivity index (χ1n) is 22.5. The quantitative estimate of drug-likeness (QED) is 0.0464. The molecule has 0 aliphatic carbocycles. The lowest BCUT2D eigenvalue weighted by atomic mass is 9.84. The number of hydrogen-bond acceptors (Lipinski definition) is 10. The second-order valence-electron chi connectivity index (χ2n) is 17.8. The first kappa shape index (κ1) is 52.2. The first-order chi connectivity index (χ1) is 32.0. The summed E-state index contributed by atoms with van der Waals surface area (Å²) in [7, 11) is 1.63. The number of rotatable bonds is 18. The van der Waals surface area contributed by atoms with Gasteiger partial charge in [-0.15, -0.1) is 0 Å². The van der Waals surface area contributed by atoms with Gasteiger partial charge < -0.3 is 19.0 Å². The summed E-state index contributed by atoms with van der Waals surface area (Å²) >= 11 is 7.04. The van der Waals surface area contributed by atoms with Crippen LogP contribution in [0.25, 0.3) is 22.8 Å². The third kappa shape index (κ3) is 14.9. The van der Waals surface area contributed by atoms with Gasteiger partial charge in [-0.1, -0.05) is 68.3 Å². The highest BCUT2D eigenvalue weighted by atomic mass is 79.9. The van der Waals surface area contributed by atoms with Crippen molar-refractivity contribution >= 4 is 50.1 Å². The molecule has 354 valence electrons. The molecule has 67 heavy (non-hydrogen) atoms. The Hall–Kier alpha value is -5.73. The van der Waals surface area contributed by atoms with E-state index in [0.29, 0.717) is 32.4 Å². The maximum Gasteiger partial charge on any atom is 0.312 e. The van der Waals surface area contributed by atoms with Crippen LogP contribution in [0.1, 0.15) is 120 Å². The largest absolute Gasteiger partial charge is 0.505 e. The van der Waals surface area contributed by atoms with Crippen LogP contribution in [0, 0.1) is 0 Å². The molecule has 0 spiro atoms. The number of aromatic nitrogens is 6. The van der Waals surface area contributed by atoms with Crippen LogP contribution in [0.4, 0.5) is 0 Å². The molecule has 6 aromatic rings. The second kappa shape index (κ2) is 24.3. The van der Waals surface area contributed by atoms with Crippen molar-refractivity contribution < 1.29 is 28.6 Å². The van der Waals surface area contributed by atoms with Crippen molar-refractivity contribution in [2.24, 2.45) is 0 Å². The van der Waals surface area contributed by atoms with E-state index >= 15 is 0 Å². The van der Waals surface area contributed by atoms with E-state index in [-0.39, 0.29) is 36.6 Å². The molecule has 0 N–H and O–H groups in total. The average molecular weight is 1040 g/mol. The third-order valence-electron chi connectivity index (χ3n) is 10.5. The minimum atomic E-state index is -0.583. The van der Waals surface area contributed by atoms with E-state index in [9.17, 15) is 14.4 Å². The fourth-order valence-electron chi connectivity index (χ4n) is 7.87. The Morgan fingerprint density at radius 3 is 1.46 bits per heavy atom. The summed E-state index contributed by atoms with van der Waals surface area (Å²) in [5.74, 6) is -0.777. The zero-order valence-electron chi connectivity index (χ0n) is 40.0. The van der Waals surface area contributed by atoms with E-state index in [1.807, 2.05) is 144 Å². The summed E-state index contributed by atoms with van der Waals surface area (Å²) in [6.45, 7) is 16.4. The highest BCUT2D eigenvalue weighted by molar-refractivity contribution is 9.10. The van der Waals surface area contributed by atoms with Crippen LogP contribution < -0.4 is 0 Å². The van der Waals surface area contributed by atoms with Crippen molar-refractivity contribution in [3.05, 3.63) is 152 Å². The average Bonchev–Trinajstić information content (AvgIpc) is 3.83. The standard InChI is InChI=1S/C27H32BrN3O3.C26H30BrN3O3/c1-6-31-23(18-24(32)34-27(2,3)4)25(26(30-31)22-11-7-8-16-29-22)21(10-9-17-33-5)19-12-14-20(28)15-13-19;1-5-30-22(17-23(32)33-26(2,3)4)24(25(29-30)21-10-6-7-15-28-21)20(9-8-16-31)18-11-13-19(27)14-12-18/h7-9,11-17,21H,6,10,18H2,1-5H3;6-7,10-16,20H,5,8-9,17H2,1-4H3. The molecule has 0 fully saturated rings. The van der Waals surface area contributed by atoms with E-state index in [0.717, 1.165) is 71.6 Å². The van der Waals surface area contributed by atoms with Gasteiger partial charge in [0.05, 0.1) is 49.0 Å². The van der Waals surface area contributed by atoms with Gasteiger partial charge >= 0.3 is 11.9 Å². The molecular formula is C53H62Br2N6O6. The smallest absolute Gasteiger partial charge is 0.312 e. The van der Waals surface area contributed by atoms with E-state index in [1.165, 1.54) is 0 Å². The Balaban J connectivity index is 0.000000251. The number of halogens is 2. The Morgan fingerprint density at radius 2 is 1.09 bits per heavy atom. The Morgan fingerprint density at radius 1 is 0.657 bits per heavy atom. The van der Waals surface area contributed by atoms with Crippen LogP contribution in [0.2, 0.25) is 0 Å². The minimum absolute atomic E-state index is 0.0609. The Labute approximate surface area is 411 Å². The molecule has 0 radical (unpaired) electrons. The van der Waals surface area contributed by atoms with Crippen molar-refractivity contribution in [1.29, 1.82) is 0 Å². The van der Waals surface area contributed by atoms with Crippen molar-refractivity contribution in [2.45, 2.75) is 124 Å². The number of methoxy groups -OCH3 is 1. The molecule has 0 bridgehead atoms. The summed E-state index contributed by atoms with van der Waals surface area (Å²) in [5.41, 5.74) is 7.58. The van der Waals surface area contributed by atoms with Crippen molar-refractivity contribution in [3.63, 3.8) is 0 Å². The maximum absolute atomic E-state index is 12.9. The van der Waals surface area contributed by atoms with Gasteiger partial charge in [-0.05, 0) is 134 Å². The van der Waals surface area contributed by atoms with Crippen LogP contribution in [-0.4, -0.2) is 66.1 Å². The van der Waals surface area contributed by atoms with Gasteiger partial charge in [0.15, 0.2) is 0 Å². The van der Waals surface area contributed by atoms with Gasteiger partial charge in [0.2, 0.25) is 0 Å². The number of aryl methyl sites for hydroxylation is 2. The molecule has 0 aliphatic rings. The van der Waals surface area contributed by atoms with E-state index in [1.54, 1.807) is 25.8 Å². The Bertz CT molecular complexity index is 2560. The van der Waals surface area contributed by atoms with Gasteiger partial charge in [0.25, 0.3) is 0 Å². The number of benzene rings is 2. The SMILES string of the molecule is CCn1nc(-c2ccccn2)c(C(CC=COC)c2ccc(Br)cc2)c1CC(=O)OC(C)(C)C.CCn1nc(-c2ccccn2)c(C(CCC=O)c2ccc(Br)cc2)c1CC(=O)OC(C)(C)C. The van der Waals surface area contributed by atoms with Crippen LogP contribution in [0.15, 0.2) is 119 Å². The Kier molecular flexibility index (Phi) is 19.0. The van der Waals surface area contributed by atoms with Gasteiger partial charge in [-0.25, -0.2) is 0 Å². The molecule has 0 aliphatic heterocycles. The molecular weight excluding hydrogens is 976 g/mol. The monoisotopic (exact) mass is 1040 g/mol. The molecule has 4 heterocycles. The number of hydrogen-bond donors (Lipinski definition) is 0. The fourth-order valence-corrected chi connectivity index (χ4v) is 8.40. The predicted octanol–water partition coefficient (Wildman–Crippen LogP) is 12.0. The number of carbonyl (C=O) groups is 3. The van der Waals surface area contributed by atoms with Gasteiger partial charge in [-0.3, -0.25) is 28.9 Å². The molecule has 4 aromatic heterocycles. The van der Waals surface area contributed by atoms with Crippen LogP contribution in [-0.2, 0) is 54.5 Å². The summed E-state index contributed by atoms with van der Waals surface area (Å²) in [6, 6.07) is 27.8. The van der Waals surface area contributed by atoms with Crippen LogP contribution in [0.3, 0.4) is 0 Å². The first-order valence-corrected chi connectivity index (χ1v) is 24.1. The lowest BCUT2D eigenvalue weighted by Gasteiger charge is -2.22. The van der Waals surface area contributed by atoms with Gasteiger partial charge in [0, 0.05) is 63.8 Å². The highest BCUT2D eigenvalue weighted by Crippen LogP contribution is 2.40. The molecule has 0 saturated heterocycles. The van der Waals surface area contributed by atoms with Crippen molar-refractivity contribution in [1.82, 2.24) is 29.5 Å². The fraction of sp³-hybridized carbons (Fsp3) is 0.377. The number of nitrogens with zero attached hydrogens (tertiary/aromatic N) is 6. The van der Waals surface area contributed by atoms with Gasteiger partial charge in [0.1, 0.15) is 28.9 Å². The summed E-state index contributed by atoms with van der Waals surface area (Å²) in [6.07, 6.45) is 9.99. The summed E-state index contributed by atoms with van der Waals surface area (Å²) < 4.78 is 22.2. The zero-order valence-corrected chi connectivity index (χ0v) is 43.1. The number of allylic oxidation sites excluding steroid dienone is 1. The topological polar surface area (TPSA) is 140 Å². The molecule has 2 aromatic carbocycles. The van der Waals surface area contributed by atoms with E-state index in [4.69, 9.17) is 24.4 Å². The molecule has 0 saturated carbocycles. The van der Waals surface area contributed by atoms with E-state index < -0.39 is 11.2 Å². The lowest BCUT2D eigenvalue weighted by molar-refractivity contribution is -0.155. The van der Waals surface area contributed by atoms with Crippen LogP contribution in [0.5, 0.6) is 0 Å². The number of pyridine rings is 2. The van der Waals surface area contributed by atoms with Crippen molar-refractivity contribution in [2.75, 3.05) is 7.11 Å². The van der Waals surface area contributed by atoms with E-state index in [2.05, 4.69) is 54.0 Å². The highest BCUT2D eigenvalue weighted by Gasteiger charge is 2.31. The van der Waals surface area contributed by atoms with Gasteiger partial charge in [-0.2, -0.15) is 10.2 Å². The number of esters is 2. The zero-order chi connectivity index (χ0) is 48.7. The molecule has 6 rings (SSSR count). The molecule has 2 atom stereocenters. The van der Waals surface area contributed by atoms with Crippen LogP contribution >= 0.6 is 31.9 Å². The third-order valence-corrected chi connectivity index (χ3v) is 11.6. The molecule has 12 nitrogen and oxygen atoms in total. The lowest BCUT2D eigenvalue weighted by Crippen LogP contribution is -2.26. The summed E-state index contributed by atoms with van der Waals surface area (Å²) in [4.78, 5) is 46.3. The molecule has 0 amide bonds.